The quantitative estimate of drug-likeness (QED) is 0.677. The van der Waals surface area contributed by atoms with Gasteiger partial charge in [-0.1, -0.05) is 0 Å². The number of rotatable bonds is 1. The Morgan fingerprint density at radius 2 is 2.14 bits per heavy atom. The predicted octanol–water partition coefficient (Wildman–Crippen LogP) is 1.72. The molecule has 0 N–H and O–H groups in total. The summed E-state index contributed by atoms with van der Waals surface area (Å²) in [6.07, 6.45) is 0.490. The molecule has 0 unspecified atom stereocenters. The molecule has 74 valence electrons. The van der Waals surface area contributed by atoms with Gasteiger partial charge in [0.15, 0.2) is 5.78 Å². The van der Waals surface area contributed by atoms with Crippen LogP contribution in [-0.2, 0) is 0 Å². The van der Waals surface area contributed by atoms with E-state index in [0.717, 1.165) is 5.69 Å². The van der Waals surface area contributed by atoms with Gasteiger partial charge >= 0.3 is 0 Å². The second kappa shape index (κ2) is 3.33. The van der Waals surface area contributed by atoms with Crippen molar-refractivity contribution < 1.29 is 9.53 Å². The highest BCUT2D eigenvalue weighted by molar-refractivity contribution is 6.00. The molecule has 0 aromatic heterocycles. The molecule has 2 rings (SSSR count). The first kappa shape index (κ1) is 9.06. The van der Waals surface area contributed by atoms with Gasteiger partial charge in [-0.2, -0.15) is 0 Å². The van der Waals surface area contributed by atoms with Crippen molar-refractivity contribution >= 4 is 11.5 Å². The monoisotopic (exact) mass is 191 g/mol. The standard InChI is InChI=1S/C11H13NO2/c1-12(2)8-3-4-11-9(7-8)10(13)5-6-14-11/h3-4,7H,5-6H2,1-2H3. The Bertz CT molecular complexity index is 372. The number of carbonyl (C=O) groups excluding carboxylic acids is 1. The Hall–Kier alpha value is -1.51. The van der Waals surface area contributed by atoms with Gasteiger partial charge in [-0.15, -0.1) is 0 Å². The maximum absolute atomic E-state index is 11.6. The molecule has 0 atom stereocenters. The van der Waals surface area contributed by atoms with Gasteiger partial charge in [-0.05, 0) is 18.2 Å². The van der Waals surface area contributed by atoms with Crippen LogP contribution in [0.4, 0.5) is 5.69 Å². The Labute approximate surface area is 83.3 Å². The van der Waals surface area contributed by atoms with Crippen molar-refractivity contribution in [1.82, 2.24) is 0 Å². The fraction of sp³-hybridized carbons (Fsp3) is 0.364. The van der Waals surface area contributed by atoms with E-state index in [2.05, 4.69) is 0 Å². The van der Waals surface area contributed by atoms with Crippen LogP contribution in [0.5, 0.6) is 5.75 Å². The van der Waals surface area contributed by atoms with Crippen molar-refractivity contribution in [1.29, 1.82) is 0 Å². The Balaban J connectivity index is 2.46. The molecule has 1 aliphatic rings. The topological polar surface area (TPSA) is 29.5 Å². The van der Waals surface area contributed by atoms with Crippen LogP contribution in [0.1, 0.15) is 16.8 Å². The van der Waals surface area contributed by atoms with E-state index in [-0.39, 0.29) is 5.78 Å². The predicted molar refractivity (Wildman–Crippen MR) is 55.2 cm³/mol. The number of fused-ring (bicyclic) bond motifs is 1. The smallest absolute Gasteiger partial charge is 0.170 e. The van der Waals surface area contributed by atoms with Gasteiger partial charge in [-0.3, -0.25) is 4.79 Å². The van der Waals surface area contributed by atoms with Gasteiger partial charge in [0.2, 0.25) is 0 Å². The molecule has 1 aromatic carbocycles. The van der Waals surface area contributed by atoms with E-state index in [1.807, 2.05) is 37.2 Å². The van der Waals surface area contributed by atoms with Crippen molar-refractivity contribution in [3.8, 4) is 5.75 Å². The first-order valence-corrected chi connectivity index (χ1v) is 4.66. The van der Waals surface area contributed by atoms with Crippen LogP contribution in [0, 0.1) is 0 Å². The SMILES string of the molecule is CN(C)c1ccc2c(c1)C(=O)CCO2. The van der Waals surface area contributed by atoms with Crippen molar-refractivity contribution in [2.75, 3.05) is 25.6 Å². The van der Waals surface area contributed by atoms with E-state index >= 15 is 0 Å². The first-order valence-electron chi connectivity index (χ1n) is 4.66. The molecule has 0 saturated carbocycles. The average molecular weight is 191 g/mol. The highest BCUT2D eigenvalue weighted by atomic mass is 16.5. The summed E-state index contributed by atoms with van der Waals surface area (Å²) in [6, 6.07) is 5.70. The number of nitrogens with zero attached hydrogens (tertiary/aromatic N) is 1. The van der Waals surface area contributed by atoms with E-state index in [9.17, 15) is 4.79 Å². The maximum atomic E-state index is 11.6. The van der Waals surface area contributed by atoms with Gasteiger partial charge in [-0.25, -0.2) is 0 Å². The molecule has 3 nitrogen and oxygen atoms in total. The van der Waals surface area contributed by atoms with Gasteiger partial charge < -0.3 is 9.64 Å². The van der Waals surface area contributed by atoms with Crippen LogP contribution in [-0.4, -0.2) is 26.5 Å². The third kappa shape index (κ3) is 1.45. The molecule has 0 aliphatic carbocycles. The van der Waals surface area contributed by atoms with Crippen LogP contribution >= 0.6 is 0 Å². The maximum Gasteiger partial charge on any atom is 0.170 e. The molecule has 0 radical (unpaired) electrons. The fourth-order valence-corrected chi connectivity index (χ4v) is 1.53. The third-order valence-corrected chi connectivity index (χ3v) is 2.37. The van der Waals surface area contributed by atoms with E-state index in [0.29, 0.717) is 24.3 Å². The fourth-order valence-electron chi connectivity index (χ4n) is 1.53. The number of ether oxygens (including phenoxy) is 1. The van der Waals surface area contributed by atoms with Crippen molar-refractivity contribution in [2.24, 2.45) is 0 Å². The Morgan fingerprint density at radius 3 is 2.86 bits per heavy atom. The van der Waals surface area contributed by atoms with E-state index in [4.69, 9.17) is 4.74 Å². The summed E-state index contributed by atoms with van der Waals surface area (Å²) in [5, 5.41) is 0. The zero-order valence-electron chi connectivity index (χ0n) is 8.41. The summed E-state index contributed by atoms with van der Waals surface area (Å²) < 4.78 is 5.39. The first-order chi connectivity index (χ1) is 6.68. The molecular formula is C11H13NO2. The summed E-state index contributed by atoms with van der Waals surface area (Å²) in [5.74, 6) is 0.891. The molecule has 14 heavy (non-hydrogen) atoms. The lowest BCUT2D eigenvalue weighted by molar-refractivity contribution is 0.0933. The molecule has 3 heteroatoms. The number of ketones is 1. The lowest BCUT2D eigenvalue weighted by atomic mass is 10.0. The Kier molecular flexibility index (Phi) is 2.15. The summed E-state index contributed by atoms with van der Waals surface area (Å²) >= 11 is 0. The summed E-state index contributed by atoms with van der Waals surface area (Å²) in [5.41, 5.74) is 1.74. The molecule has 0 spiro atoms. The highest BCUT2D eigenvalue weighted by Gasteiger charge is 2.18. The zero-order chi connectivity index (χ0) is 10.1. The molecule has 0 fully saturated rings. The highest BCUT2D eigenvalue weighted by Crippen LogP contribution is 2.28. The van der Waals surface area contributed by atoms with Crippen molar-refractivity contribution in [3.63, 3.8) is 0 Å². The lowest BCUT2D eigenvalue weighted by Crippen LogP contribution is -2.16. The van der Waals surface area contributed by atoms with Crippen molar-refractivity contribution in [2.45, 2.75) is 6.42 Å². The second-order valence-corrected chi connectivity index (χ2v) is 3.60. The van der Waals surface area contributed by atoms with Crippen LogP contribution in [0.3, 0.4) is 0 Å². The minimum atomic E-state index is 0.176. The number of benzene rings is 1. The summed E-state index contributed by atoms with van der Waals surface area (Å²) in [4.78, 5) is 13.5. The minimum absolute atomic E-state index is 0.176. The van der Waals surface area contributed by atoms with Gasteiger partial charge in [0.1, 0.15) is 5.75 Å². The number of hydrogen-bond acceptors (Lipinski definition) is 3. The number of Topliss-reactive ketones (excluding diaryl/α,β-unsaturated/α-hetero) is 1. The average Bonchev–Trinajstić information content (AvgIpc) is 2.18. The van der Waals surface area contributed by atoms with Crippen LogP contribution < -0.4 is 9.64 Å². The van der Waals surface area contributed by atoms with E-state index in [1.54, 1.807) is 0 Å². The molecular weight excluding hydrogens is 178 g/mol. The second-order valence-electron chi connectivity index (χ2n) is 3.60. The van der Waals surface area contributed by atoms with Crippen LogP contribution in [0.25, 0.3) is 0 Å². The Morgan fingerprint density at radius 1 is 1.36 bits per heavy atom. The largest absolute Gasteiger partial charge is 0.492 e. The molecule has 1 heterocycles. The third-order valence-electron chi connectivity index (χ3n) is 2.37. The minimum Gasteiger partial charge on any atom is -0.492 e. The van der Waals surface area contributed by atoms with Crippen molar-refractivity contribution in [3.05, 3.63) is 23.8 Å². The van der Waals surface area contributed by atoms with Crippen LogP contribution in [0.2, 0.25) is 0 Å². The zero-order valence-corrected chi connectivity index (χ0v) is 8.41. The number of hydrogen-bond donors (Lipinski definition) is 0. The molecule has 0 amide bonds. The van der Waals surface area contributed by atoms with E-state index < -0.39 is 0 Å². The molecule has 1 aliphatic heterocycles. The normalized spacial score (nSPS) is 14.6. The van der Waals surface area contributed by atoms with Gasteiger partial charge in [0.05, 0.1) is 12.2 Å². The lowest BCUT2D eigenvalue weighted by Gasteiger charge is -2.19. The summed E-state index contributed by atoms with van der Waals surface area (Å²) in [6.45, 7) is 0.507. The number of carbonyl (C=O) groups is 1. The van der Waals surface area contributed by atoms with Gasteiger partial charge in [0.25, 0.3) is 0 Å². The molecule has 0 saturated heterocycles. The van der Waals surface area contributed by atoms with E-state index in [1.165, 1.54) is 0 Å². The number of anilines is 1. The molecule has 0 bridgehead atoms. The van der Waals surface area contributed by atoms with Crippen LogP contribution in [0.15, 0.2) is 18.2 Å². The molecule has 1 aromatic rings. The van der Waals surface area contributed by atoms with Gasteiger partial charge in [0, 0.05) is 26.2 Å². The summed E-state index contributed by atoms with van der Waals surface area (Å²) in [7, 11) is 3.91.